The van der Waals surface area contributed by atoms with Crippen LogP contribution in [-0.4, -0.2) is 64.9 Å². The molecule has 0 amide bonds. The van der Waals surface area contributed by atoms with Gasteiger partial charge in [-0.2, -0.15) is 10.2 Å². The number of aliphatic hydroxyl groups is 4. The zero-order valence-corrected chi connectivity index (χ0v) is 16.8. The van der Waals surface area contributed by atoms with Gasteiger partial charge in [-0.1, -0.05) is 0 Å². The van der Waals surface area contributed by atoms with Crippen molar-refractivity contribution in [1.29, 1.82) is 5.26 Å². The molecule has 2 aliphatic rings. The third-order valence-corrected chi connectivity index (χ3v) is 5.66. The summed E-state index contributed by atoms with van der Waals surface area (Å²) in [4.78, 5) is 34.8. The number of nitrogens with one attached hydrogen (secondary N) is 1. The number of thioether (sulfide) groups is 1. The van der Waals surface area contributed by atoms with E-state index >= 15 is 0 Å². The lowest BCUT2D eigenvalue weighted by Gasteiger charge is -2.25. The molecule has 30 heavy (non-hydrogen) atoms. The Bertz CT molecular complexity index is 1230. The fraction of sp³-hybridized carbons (Fsp3) is 0.389. The quantitative estimate of drug-likeness (QED) is 0.180. The van der Waals surface area contributed by atoms with Crippen LogP contribution in [0.3, 0.4) is 0 Å². The van der Waals surface area contributed by atoms with Crippen LogP contribution in [0.25, 0.3) is 22.6 Å². The minimum Gasteiger partial charge on any atom is -0.394 e. The van der Waals surface area contributed by atoms with Crippen LogP contribution in [0.15, 0.2) is 20.6 Å². The Kier molecular flexibility index (Phi) is 6.20. The Morgan fingerprint density at radius 3 is 2.57 bits per heavy atom. The number of fused-ring (bicyclic) bond motifs is 2. The van der Waals surface area contributed by atoms with E-state index in [-0.39, 0.29) is 23.6 Å². The highest BCUT2D eigenvalue weighted by atomic mass is 32.2. The van der Waals surface area contributed by atoms with Crippen LogP contribution >= 0.6 is 11.8 Å². The first-order valence-electron chi connectivity index (χ1n) is 8.85. The number of aliphatic hydroxyl groups excluding tert-OH is 4. The van der Waals surface area contributed by atoms with E-state index in [1.54, 1.807) is 19.9 Å². The number of aromatic nitrogens is 4. The second kappa shape index (κ2) is 8.50. The first kappa shape index (κ1) is 21.9. The number of hydrogen-bond donors (Lipinski definition) is 5. The molecule has 12 heteroatoms. The molecule has 2 heterocycles. The van der Waals surface area contributed by atoms with E-state index in [0.29, 0.717) is 10.4 Å². The van der Waals surface area contributed by atoms with Crippen molar-refractivity contribution in [3.8, 4) is 16.9 Å². The Morgan fingerprint density at radius 2 is 1.93 bits per heavy atom. The molecule has 0 aromatic heterocycles. The molecule has 1 aromatic carbocycles. The van der Waals surface area contributed by atoms with E-state index in [1.807, 2.05) is 10.4 Å². The van der Waals surface area contributed by atoms with Gasteiger partial charge in [0.2, 0.25) is 0 Å². The zero-order chi connectivity index (χ0) is 22.2. The molecule has 3 rings (SSSR count). The highest BCUT2D eigenvalue weighted by Gasteiger charge is 2.28. The molecule has 0 saturated carbocycles. The van der Waals surface area contributed by atoms with E-state index in [9.17, 15) is 30.2 Å². The molecule has 11 nitrogen and oxygen atoms in total. The van der Waals surface area contributed by atoms with Gasteiger partial charge in [0.05, 0.1) is 23.6 Å². The van der Waals surface area contributed by atoms with E-state index in [1.165, 1.54) is 4.57 Å². The first-order chi connectivity index (χ1) is 14.2. The molecule has 5 N–H and O–H groups in total. The number of hydrogen-bond acceptors (Lipinski definition) is 10. The van der Waals surface area contributed by atoms with Crippen LogP contribution in [0.5, 0.6) is 0 Å². The van der Waals surface area contributed by atoms with E-state index in [2.05, 4.69) is 9.97 Å². The van der Waals surface area contributed by atoms with Crippen molar-refractivity contribution in [3.63, 3.8) is 0 Å². The number of nitrogens with zero attached hydrogens (tertiary/aromatic N) is 4. The summed E-state index contributed by atoms with van der Waals surface area (Å²) in [6.45, 7) is 2.45. The SMILES string of the molecule is Cc1cc2c(nc3c(=O)[nH]c(=O)nc-3n2CC(O)C(O)C(O)CO)c(SC#N)c1C. The number of aryl methyl sites for hydroxylation is 1. The van der Waals surface area contributed by atoms with Gasteiger partial charge in [0, 0.05) is 0 Å². The summed E-state index contributed by atoms with van der Waals surface area (Å²) in [5.74, 6) is -0.128. The molecule has 2 aliphatic heterocycles. The van der Waals surface area contributed by atoms with Gasteiger partial charge in [0.1, 0.15) is 29.2 Å². The van der Waals surface area contributed by atoms with Crippen LogP contribution in [0, 0.1) is 24.5 Å². The summed E-state index contributed by atoms with van der Waals surface area (Å²) in [6, 6.07) is 1.70. The summed E-state index contributed by atoms with van der Waals surface area (Å²) in [5.41, 5.74) is 0.314. The molecule has 3 atom stereocenters. The second-order valence-corrected chi connectivity index (χ2v) is 7.58. The van der Waals surface area contributed by atoms with Crippen LogP contribution < -0.4 is 11.2 Å². The Hall–Kier alpha value is -2.82. The monoisotopic (exact) mass is 433 g/mol. The van der Waals surface area contributed by atoms with Crippen molar-refractivity contribution in [2.75, 3.05) is 6.61 Å². The maximum absolute atomic E-state index is 12.4. The fourth-order valence-corrected chi connectivity index (χ4v) is 3.79. The standard InChI is InChI=1S/C18H19N5O6S/c1-7-3-9-12(15(8(7)2)30-6-19)20-13-16(21-18(29)22-17(13)28)23(9)4-10(25)14(27)11(26)5-24/h3,10-11,14,24-27H,4-5H2,1-2H3,(H,22,28,29). The molecule has 0 aliphatic carbocycles. The van der Waals surface area contributed by atoms with Crippen molar-refractivity contribution in [3.05, 3.63) is 38.0 Å². The summed E-state index contributed by atoms with van der Waals surface area (Å²) >= 11 is 0.856. The molecular formula is C18H19N5O6S. The van der Waals surface area contributed by atoms with Crippen molar-refractivity contribution in [2.24, 2.45) is 0 Å². The van der Waals surface area contributed by atoms with Gasteiger partial charge in [-0.05, 0) is 42.8 Å². The highest BCUT2D eigenvalue weighted by Crippen LogP contribution is 2.34. The van der Waals surface area contributed by atoms with Crippen molar-refractivity contribution in [1.82, 2.24) is 19.5 Å². The highest BCUT2D eigenvalue weighted by molar-refractivity contribution is 8.04. The van der Waals surface area contributed by atoms with E-state index in [4.69, 9.17) is 5.11 Å². The van der Waals surface area contributed by atoms with Gasteiger partial charge in [0.25, 0.3) is 5.56 Å². The lowest BCUT2D eigenvalue weighted by molar-refractivity contribution is -0.0802. The van der Waals surface area contributed by atoms with Crippen LogP contribution in [0.4, 0.5) is 0 Å². The lowest BCUT2D eigenvalue weighted by Crippen LogP contribution is -2.42. The van der Waals surface area contributed by atoms with Crippen molar-refractivity contribution >= 4 is 22.8 Å². The molecule has 0 radical (unpaired) electrons. The van der Waals surface area contributed by atoms with Gasteiger partial charge in [0.15, 0.2) is 11.5 Å². The molecule has 158 valence electrons. The van der Waals surface area contributed by atoms with Gasteiger partial charge >= 0.3 is 5.69 Å². The Morgan fingerprint density at radius 1 is 1.23 bits per heavy atom. The van der Waals surface area contributed by atoms with Crippen molar-refractivity contribution in [2.45, 2.75) is 43.6 Å². The fourth-order valence-electron chi connectivity index (χ4n) is 3.13. The molecule has 0 saturated heterocycles. The topological polar surface area (TPSA) is 185 Å². The third kappa shape index (κ3) is 3.81. The Labute approximate surface area is 173 Å². The molecule has 3 unspecified atom stereocenters. The van der Waals surface area contributed by atoms with Crippen molar-refractivity contribution < 1.29 is 20.4 Å². The molecule has 0 bridgehead atoms. The lowest BCUT2D eigenvalue weighted by atomic mass is 10.1. The summed E-state index contributed by atoms with van der Waals surface area (Å²) in [6.07, 6.45) is -4.87. The van der Waals surface area contributed by atoms with Crippen LogP contribution in [0.1, 0.15) is 11.1 Å². The molecule has 0 spiro atoms. The largest absolute Gasteiger partial charge is 0.394 e. The van der Waals surface area contributed by atoms with E-state index < -0.39 is 36.2 Å². The first-order valence-corrected chi connectivity index (χ1v) is 9.67. The smallest absolute Gasteiger partial charge is 0.349 e. The predicted molar refractivity (Wildman–Crippen MR) is 107 cm³/mol. The Balaban J connectivity index is 2.38. The molecule has 0 fully saturated rings. The molecular weight excluding hydrogens is 414 g/mol. The number of nitriles is 1. The normalized spacial score (nSPS) is 14.6. The minimum atomic E-state index is -1.70. The van der Waals surface area contributed by atoms with Gasteiger partial charge in [-0.3, -0.25) is 9.78 Å². The third-order valence-electron chi connectivity index (χ3n) is 4.86. The maximum Gasteiger partial charge on any atom is 0.349 e. The van der Waals surface area contributed by atoms with Gasteiger partial charge in [-0.15, -0.1) is 0 Å². The van der Waals surface area contributed by atoms with Gasteiger partial charge in [-0.25, -0.2) is 9.78 Å². The second-order valence-electron chi connectivity index (χ2n) is 6.78. The molecule has 1 aromatic rings. The maximum atomic E-state index is 12.4. The average Bonchev–Trinajstić information content (AvgIpc) is 2.71. The zero-order valence-electron chi connectivity index (χ0n) is 16.0. The number of aromatic amines is 1. The average molecular weight is 433 g/mol. The number of benzene rings is 1. The number of thiocyanates is 1. The number of H-pyrrole nitrogens is 1. The number of rotatable bonds is 6. The minimum absolute atomic E-state index is 0.128. The summed E-state index contributed by atoms with van der Waals surface area (Å²) in [5, 5.41) is 50.3. The van der Waals surface area contributed by atoms with Gasteiger partial charge < -0.3 is 25.0 Å². The van der Waals surface area contributed by atoms with Crippen LogP contribution in [-0.2, 0) is 6.54 Å². The summed E-state index contributed by atoms with van der Waals surface area (Å²) in [7, 11) is 0. The predicted octanol–water partition coefficient (Wildman–Crippen LogP) is -1.15. The van der Waals surface area contributed by atoms with Crippen LogP contribution in [0.2, 0.25) is 0 Å². The van der Waals surface area contributed by atoms with E-state index in [0.717, 1.165) is 22.9 Å². The summed E-state index contributed by atoms with van der Waals surface area (Å²) < 4.78 is 1.33.